The zero-order chi connectivity index (χ0) is 25.7. The van der Waals surface area contributed by atoms with Gasteiger partial charge in [-0.25, -0.2) is 3.63 Å². The van der Waals surface area contributed by atoms with E-state index in [4.69, 9.17) is 3.63 Å². The summed E-state index contributed by atoms with van der Waals surface area (Å²) in [6.45, 7) is 0. The molecule has 0 aliphatic heterocycles. The largest absolute Gasteiger partial charge is 0.371 e. The van der Waals surface area contributed by atoms with Crippen LogP contribution in [0.2, 0.25) is 0 Å². The van der Waals surface area contributed by atoms with Crippen molar-refractivity contribution in [1.29, 1.82) is 0 Å². The molecule has 3 aromatic rings. The molecule has 4 bridgehead atoms. The highest BCUT2D eigenvalue weighted by Gasteiger charge is 2.59. The van der Waals surface area contributed by atoms with Crippen molar-refractivity contribution in [2.24, 2.45) is 23.2 Å². The molecule has 0 N–H and O–H groups in total. The van der Waals surface area contributed by atoms with Gasteiger partial charge in [0.15, 0.2) is 0 Å². The van der Waals surface area contributed by atoms with Crippen molar-refractivity contribution in [2.45, 2.75) is 64.9 Å². The van der Waals surface area contributed by atoms with E-state index >= 15 is 8.78 Å². The van der Waals surface area contributed by atoms with Crippen LogP contribution < -0.4 is 0 Å². The molecule has 7 heteroatoms. The number of hydrogen-bond donors (Lipinski definition) is 0. The molecule has 0 unspecified atom stereocenters. The fourth-order valence-electron chi connectivity index (χ4n) is 7.58. The van der Waals surface area contributed by atoms with E-state index in [0.29, 0.717) is 51.7 Å². The molecular formula is C30H32F2O3S2. The van der Waals surface area contributed by atoms with Gasteiger partial charge in [0.1, 0.15) is 0 Å². The van der Waals surface area contributed by atoms with Crippen molar-refractivity contribution in [2.75, 3.05) is 0 Å². The molecule has 0 heterocycles. The summed E-state index contributed by atoms with van der Waals surface area (Å²) in [4.78, 5) is 1.67. The Balaban J connectivity index is 1.43. The van der Waals surface area contributed by atoms with Crippen molar-refractivity contribution in [3.63, 3.8) is 0 Å². The van der Waals surface area contributed by atoms with Crippen LogP contribution in [-0.4, -0.2) is 13.7 Å². The van der Waals surface area contributed by atoms with Crippen LogP contribution in [-0.2, 0) is 13.7 Å². The molecular weight excluding hydrogens is 510 g/mol. The Hall–Kier alpha value is -2.22. The van der Waals surface area contributed by atoms with E-state index in [1.807, 2.05) is 18.2 Å². The molecule has 3 nitrogen and oxygen atoms in total. The first-order valence-electron chi connectivity index (χ1n) is 13.0. The number of rotatable bonds is 8. The molecule has 0 aromatic heterocycles. The third-order valence-corrected chi connectivity index (χ3v) is 13.7. The lowest BCUT2D eigenvalue weighted by molar-refractivity contribution is -0.0930. The first-order chi connectivity index (χ1) is 17.7. The number of halogens is 2. The van der Waals surface area contributed by atoms with Crippen molar-refractivity contribution >= 4 is 20.4 Å². The van der Waals surface area contributed by atoms with Crippen molar-refractivity contribution in [1.82, 2.24) is 0 Å². The van der Waals surface area contributed by atoms with Crippen molar-refractivity contribution < 1.29 is 20.8 Å². The van der Waals surface area contributed by atoms with Crippen LogP contribution in [0.4, 0.5) is 8.78 Å². The second-order valence-electron chi connectivity index (χ2n) is 11.2. The van der Waals surface area contributed by atoms with Gasteiger partial charge >= 0.3 is 15.4 Å². The van der Waals surface area contributed by atoms with E-state index in [2.05, 4.69) is 0 Å². The van der Waals surface area contributed by atoms with Crippen molar-refractivity contribution in [3.8, 4) is 0 Å². The molecule has 37 heavy (non-hydrogen) atoms. The number of hydrogen-bond acceptors (Lipinski definition) is 3. The number of benzene rings is 3. The summed E-state index contributed by atoms with van der Waals surface area (Å²) < 4.78 is 65.7. The number of alkyl halides is 2. The second-order valence-corrected chi connectivity index (χ2v) is 15.8. The van der Waals surface area contributed by atoms with Gasteiger partial charge in [-0.3, -0.25) is 0 Å². The molecule has 0 radical (unpaired) electrons. The smallest absolute Gasteiger partial charge is 0.202 e. The Morgan fingerprint density at radius 2 is 1.03 bits per heavy atom. The van der Waals surface area contributed by atoms with E-state index < -0.39 is 37.5 Å². The summed E-state index contributed by atoms with van der Waals surface area (Å²) in [5.41, 5.74) is -0.612. The van der Waals surface area contributed by atoms with Crippen molar-refractivity contribution in [3.05, 3.63) is 91.0 Å². The molecule has 0 amide bonds. The third kappa shape index (κ3) is 4.43. The molecule has 0 saturated heterocycles. The first kappa shape index (κ1) is 25.1. The van der Waals surface area contributed by atoms with Gasteiger partial charge in [0, 0.05) is 21.1 Å². The van der Waals surface area contributed by atoms with Crippen LogP contribution in [0.1, 0.15) is 44.9 Å². The second kappa shape index (κ2) is 9.21. The van der Waals surface area contributed by atoms with Crippen LogP contribution in [0.25, 0.3) is 0 Å². The van der Waals surface area contributed by atoms with Gasteiger partial charge in [-0.1, -0.05) is 54.6 Å². The lowest BCUT2D eigenvalue weighted by Crippen LogP contribution is -2.49. The van der Waals surface area contributed by atoms with Gasteiger partial charge in [0.25, 0.3) is 0 Å². The molecule has 4 saturated carbocycles. The predicted molar refractivity (Wildman–Crippen MR) is 142 cm³/mol. The zero-order valence-corrected chi connectivity index (χ0v) is 22.3. The molecule has 4 aliphatic carbocycles. The molecule has 0 atom stereocenters. The van der Waals surface area contributed by atoms with Gasteiger partial charge in [-0.15, -0.1) is 0 Å². The van der Waals surface area contributed by atoms with E-state index in [-0.39, 0.29) is 0 Å². The summed E-state index contributed by atoms with van der Waals surface area (Å²) in [6.07, 6.45) is 4.79. The topological polar surface area (TPSA) is 43.4 Å². The van der Waals surface area contributed by atoms with E-state index in [1.165, 1.54) is 0 Å². The first-order valence-corrected chi connectivity index (χ1v) is 16.0. The van der Waals surface area contributed by atoms with Gasteiger partial charge in [0.2, 0.25) is 0 Å². The maximum absolute atomic E-state index is 16.1. The summed E-state index contributed by atoms with van der Waals surface area (Å²) in [5, 5.41) is -3.99. The maximum Gasteiger partial charge on any atom is 0.371 e. The van der Waals surface area contributed by atoms with E-state index in [1.54, 1.807) is 72.8 Å². The molecule has 4 aliphatic rings. The Bertz CT molecular complexity index is 1210. The summed E-state index contributed by atoms with van der Waals surface area (Å²) in [7, 11) is -8.31. The fourth-order valence-corrected chi connectivity index (χ4v) is 12.9. The zero-order valence-electron chi connectivity index (χ0n) is 20.6. The van der Waals surface area contributed by atoms with Crippen LogP contribution in [0.5, 0.6) is 0 Å². The van der Waals surface area contributed by atoms with E-state index in [0.717, 1.165) is 19.3 Å². The molecule has 7 rings (SSSR count). The highest BCUT2D eigenvalue weighted by Crippen LogP contribution is 2.71. The Kier molecular flexibility index (Phi) is 6.24. The van der Waals surface area contributed by atoms with Crippen LogP contribution >= 0.6 is 10.3 Å². The average molecular weight is 543 g/mol. The Morgan fingerprint density at radius 3 is 1.38 bits per heavy atom. The quantitative estimate of drug-likeness (QED) is 0.287. The molecule has 0 spiro atoms. The maximum atomic E-state index is 16.1. The molecule has 3 aromatic carbocycles. The molecule has 4 fully saturated rings. The minimum absolute atomic E-state index is 0.452. The summed E-state index contributed by atoms with van der Waals surface area (Å²) >= 11 is 0. The highest BCUT2D eigenvalue weighted by molar-refractivity contribution is 8.33. The summed E-state index contributed by atoms with van der Waals surface area (Å²) in [5.74, 6) is 1.36. The average Bonchev–Trinajstić information content (AvgIpc) is 2.87. The van der Waals surface area contributed by atoms with Gasteiger partial charge in [-0.2, -0.15) is 17.2 Å². The monoisotopic (exact) mass is 542 g/mol. The lowest BCUT2D eigenvalue weighted by atomic mass is 9.49. The molecule has 196 valence electrons. The van der Waals surface area contributed by atoms with Gasteiger partial charge < -0.3 is 0 Å². The fraction of sp³-hybridized carbons (Fsp3) is 0.400. The lowest BCUT2D eigenvalue weighted by Gasteiger charge is -2.57. The predicted octanol–water partition coefficient (Wildman–Crippen LogP) is 8.43. The normalized spacial score (nSPS) is 27.8. The van der Waals surface area contributed by atoms with Gasteiger partial charge in [-0.05, 0) is 108 Å². The Labute approximate surface area is 219 Å². The highest BCUT2D eigenvalue weighted by atomic mass is 32.3. The standard InChI is InChI=1S/C30H32F2O3S2/c31-30(32,22-29-19-23-16-24(20-29)18-25(17-23)21-29)37(33,34)35-36(26-10-4-1-5-11-26,27-12-6-2-7-13-27)28-14-8-3-9-15-28/h1-15,23-25H,16-22H2. The third-order valence-electron chi connectivity index (χ3n) is 8.53. The SMILES string of the molecule is O=S(=O)(OS(c1ccccc1)(c1ccccc1)c1ccccc1)C(F)(F)CC12CC3CC(CC(C3)C1)C2. The van der Waals surface area contributed by atoms with Crippen LogP contribution in [0, 0.1) is 23.2 Å². The van der Waals surface area contributed by atoms with Gasteiger partial charge in [0.05, 0.1) is 0 Å². The van der Waals surface area contributed by atoms with Crippen LogP contribution in [0.3, 0.4) is 0 Å². The Morgan fingerprint density at radius 1 is 0.676 bits per heavy atom. The summed E-state index contributed by atoms with van der Waals surface area (Å²) in [6, 6.07) is 26.8. The van der Waals surface area contributed by atoms with Crippen LogP contribution in [0.15, 0.2) is 106 Å². The minimum Gasteiger partial charge on any atom is -0.202 e. The van der Waals surface area contributed by atoms with E-state index in [9.17, 15) is 8.42 Å². The minimum atomic E-state index is -5.30.